The van der Waals surface area contributed by atoms with Gasteiger partial charge in [0.05, 0.1) is 17.2 Å². The lowest BCUT2D eigenvalue weighted by molar-refractivity contribution is -0.114. The van der Waals surface area contributed by atoms with Gasteiger partial charge < -0.3 is 16.0 Å². The van der Waals surface area contributed by atoms with Crippen LogP contribution in [0.4, 0.5) is 23.0 Å². The van der Waals surface area contributed by atoms with Crippen LogP contribution in [0, 0.1) is 11.3 Å². The Morgan fingerprint density at radius 2 is 1.57 bits per heavy atom. The van der Waals surface area contributed by atoms with Crippen molar-refractivity contribution in [3.63, 3.8) is 0 Å². The van der Waals surface area contributed by atoms with Crippen LogP contribution >= 0.6 is 0 Å². The number of nitriles is 1. The molecule has 0 bridgehead atoms. The Kier molecular flexibility index (Phi) is 5.58. The minimum absolute atomic E-state index is 0.194. The maximum absolute atomic E-state index is 12.4. The lowest BCUT2D eigenvalue weighted by Gasteiger charge is -2.08. The number of hydrogen-bond donors (Lipinski definition) is 3. The largest absolute Gasteiger partial charge is 0.326 e. The third-order valence-corrected chi connectivity index (χ3v) is 3.60. The zero-order valence-electron chi connectivity index (χ0n) is 14.9. The molecule has 138 valence electrons. The zero-order valence-corrected chi connectivity index (χ0v) is 14.9. The van der Waals surface area contributed by atoms with Crippen molar-refractivity contribution in [2.45, 2.75) is 6.92 Å². The molecule has 2 aromatic carbocycles. The number of carbonyl (C=O) groups excluding carboxylic acids is 2. The van der Waals surface area contributed by atoms with E-state index in [0.717, 1.165) is 0 Å². The molecule has 0 saturated heterocycles. The van der Waals surface area contributed by atoms with Gasteiger partial charge in [-0.15, -0.1) is 0 Å². The molecule has 8 nitrogen and oxygen atoms in total. The van der Waals surface area contributed by atoms with Crippen LogP contribution in [0.5, 0.6) is 0 Å². The summed E-state index contributed by atoms with van der Waals surface area (Å²) < 4.78 is 0. The van der Waals surface area contributed by atoms with Gasteiger partial charge in [-0.1, -0.05) is 12.1 Å². The van der Waals surface area contributed by atoms with Gasteiger partial charge in [0.15, 0.2) is 0 Å². The number of amides is 2. The van der Waals surface area contributed by atoms with E-state index in [1.54, 1.807) is 48.5 Å². The quantitative estimate of drug-likeness (QED) is 0.632. The van der Waals surface area contributed by atoms with Crippen LogP contribution in [0.1, 0.15) is 22.8 Å². The van der Waals surface area contributed by atoms with Gasteiger partial charge >= 0.3 is 0 Å². The second-order valence-electron chi connectivity index (χ2n) is 5.83. The Morgan fingerprint density at radius 3 is 2.25 bits per heavy atom. The van der Waals surface area contributed by atoms with Crippen molar-refractivity contribution >= 4 is 34.8 Å². The Balaban J connectivity index is 1.67. The van der Waals surface area contributed by atoms with E-state index in [0.29, 0.717) is 28.6 Å². The van der Waals surface area contributed by atoms with Crippen LogP contribution in [0.15, 0.2) is 60.9 Å². The SMILES string of the molecule is CC(=O)Nc1cccc(NC(=O)c2cnc(Nc3cccc(C#N)c3)nc2)c1. The van der Waals surface area contributed by atoms with Gasteiger partial charge in [0.25, 0.3) is 5.91 Å². The van der Waals surface area contributed by atoms with Gasteiger partial charge in [0, 0.05) is 36.4 Å². The summed E-state index contributed by atoms with van der Waals surface area (Å²) in [7, 11) is 0. The Bertz CT molecular complexity index is 1060. The summed E-state index contributed by atoms with van der Waals surface area (Å²) in [6.07, 6.45) is 2.80. The smallest absolute Gasteiger partial charge is 0.258 e. The first kappa shape index (κ1) is 18.5. The second kappa shape index (κ2) is 8.42. The van der Waals surface area contributed by atoms with Crippen molar-refractivity contribution in [2.75, 3.05) is 16.0 Å². The summed E-state index contributed by atoms with van der Waals surface area (Å²) in [6, 6.07) is 15.8. The van der Waals surface area contributed by atoms with E-state index in [2.05, 4.69) is 32.0 Å². The molecule has 0 spiro atoms. The van der Waals surface area contributed by atoms with Gasteiger partial charge in [-0.3, -0.25) is 9.59 Å². The predicted molar refractivity (Wildman–Crippen MR) is 105 cm³/mol. The second-order valence-corrected chi connectivity index (χ2v) is 5.83. The molecular formula is C20H16N6O2. The predicted octanol–water partition coefficient (Wildman–Crippen LogP) is 3.30. The number of hydrogen-bond acceptors (Lipinski definition) is 6. The van der Waals surface area contributed by atoms with E-state index in [9.17, 15) is 9.59 Å². The molecule has 0 aliphatic rings. The molecular weight excluding hydrogens is 356 g/mol. The van der Waals surface area contributed by atoms with Gasteiger partial charge in [-0.25, -0.2) is 9.97 Å². The normalized spacial score (nSPS) is 9.86. The number of nitrogens with one attached hydrogen (secondary N) is 3. The van der Waals surface area contributed by atoms with Gasteiger partial charge in [-0.2, -0.15) is 5.26 Å². The number of aromatic nitrogens is 2. The molecule has 8 heteroatoms. The van der Waals surface area contributed by atoms with Gasteiger partial charge in [-0.05, 0) is 36.4 Å². The Hall–Kier alpha value is -4.25. The summed E-state index contributed by atoms with van der Waals surface area (Å²) in [5.74, 6) is -0.266. The monoisotopic (exact) mass is 372 g/mol. The fourth-order valence-corrected chi connectivity index (χ4v) is 2.39. The maximum atomic E-state index is 12.4. The number of benzene rings is 2. The molecule has 3 rings (SSSR count). The van der Waals surface area contributed by atoms with Crippen molar-refractivity contribution in [3.8, 4) is 6.07 Å². The first-order valence-electron chi connectivity index (χ1n) is 8.32. The number of carbonyl (C=O) groups is 2. The maximum Gasteiger partial charge on any atom is 0.258 e. The topological polar surface area (TPSA) is 120 Å². The van der Waals surface area contributed by atoms with Gasteiger partial charge in [0.2, 0.25) is 11.9 Å². The van der Waals surface area contributed by atoms with E-state index in [1.165, 1.54) is 19.3 Å². The summed E-state index contributed by atoms with van der Waals surface area (Å²) in [6.45, 7) is 1.41. The standard InChI is InChI=1S/C20H16N6O2/c1-13(27)24-17-6-3-7-18(9-17)25-19(28)15-11-22-20(23-12-15)26-16-5-2-4-14(8-16)10-21/h2-9,11-12H,1H3,(H,24,27)(H,25,28)(H,22,23,26). The molecule has 0 atom stereocenters. The highest BCUT2D eigenvalue weighted by atomic mass is 16.2. The van der Waals surface area contributed by atoms with Crippen molar-refractivity contribution in [2.24, 2.45) is 0 Å². The minimum atomic E-state index is -0.377. The number of rotatable bonds is 5. The van der Waals surface area contributed by atoms with E-state index in [-0.39, 0.29) is 17.4 Å². The molecule has 0 saturated carbocycles. The average molecular weight is 372 g/mol. The van der Waals surface area contributed by atoms with E-state index < -0.39 is 0 Å². The summed E-state index contributed by atoms with van der Waals surface area (Å²) in [5.41, 5.74) is 2.59. The van der Waals surface area contributed by atoms with Crippen molar-refractivity contribution in [1.82, 2.24) is 9.97 Å². The minimum Gasteiger partial charge on any atom is -0.326 e. The molecule has 0 aliphatic heterocycles. The molecule has 28 heavy (non-hydrogen) atoms. The van der Waals surface area contributed by atoms with Crippen molar-refractivity contribution in [1.29, 1.82) is 5.26 Å². The first-order valence-corrected chi connectivity index (χ1v) is 8.32. The zero-order chi connectivity index (χ0) is 19.9. The fraction of sp³-hybridized carbons (Fsp3) is 0.0500. The highest BCUT2D eigenvalue weighted by Gasteiger charge is 2.09. The Labute approximate surface area is 161 Å². The summed E-state index contributed by atoms with van der Waals surface area (Å²) in [4.78, 5) is 31.7. The van der Waals surface area contributed by atoms with Crippen molar-refractivity contribution in [3.05, 3.63) is 72.1 Å². The molecule has 3 aromatic rings. The van der Waals surface area contributed by atoms with Crippen LogP contribution in [-0.2, 0) is 4.79 Å². The summed E-state index contributed by atoms with van der Waals surface area (Å²) >= 11 is 0. The van der Waals surface area contributed by atoms with E-state index in [4.69, 9.17) is 5.26 Å². The molecule has 0 radical (unpaired) electrons. The molecule has 0 fully saturated rings. The Morgan fingerprint density at radius 1 is 0.929 bits per heavy atom. The van der Waals surface area contributed by atoms with Crippen LogP contribution in [-0.4, -0.2) is 21.8 Å². The van der Waals surface area contributed by atoms with Crippen molar-refractivity contribution < 1.29 is 9.59 Å². The lowest BCUT2D eigenvalue weighted by Crippen LogP contribution is -2.13. The molecule has 1 aromatic heterocycles. The molecule has 3 N–H and O–H groups in total. The van der Waals surface area contributed by atoms with Crippen LogP contribution in [0.3, 0.4) is 0 Å². The average Bonchev–Trinajstić information content (AvgIpc) is 2.68. The van der Waals surface area contributed by atoms with E-state index >= 15 is 0 Å². The van der Waals surface area contributed by atoms with Crippen LogP contribution < -0.4 is 16.0 Å². The first-order chi connectivity index (χ1) is 13.5. The van der Waals surface area contributed by atoms with E-state index in [1.807, 2.05) is 0 Å². The highest BCUT2D eigenvalue weighted by molar-refractivity contribution is 6.04. The van der Waals surface area contributed by atoms with Crippen LogP contribution in [0.25, 0.3) is 0 Å². The molecule has 0 aliphatic carbocycles. The third-order valence-electron chi connectivity index (χ3n) is 3.60. The molecule has 0 unspecified atom stereocenters. The molecule has 1 heterocycles. The number of nitrogens with zero attached hydrogens (tertiary/aromatic N) is 3. The lowest BCUT2D eigenvalue weighted by atomic mass is 10.2. The highest BCUT2D eigenvalue weighted by Crippen LogP contribution is 2.17. The molecule has 2 amide bonds. The summed E-state index contributed by atoms with van der Waals surface area (Å²) in [5, 5.41) is 17.3. The fourth-order valence-electron chi connectivity index (χ4n) is 2.39. The number of anilines is 4. The van der Waals surface area contributed by atoms with Crippen LogP contribution in [0.2, 0.25) is 0 Å². The van der Waals surface area contributed by atoms with Gasteiger partial charge in [0.1, 0.15) is 0 Å². The third kappa shape index (κ3) is 4.89.